The van der Waals surface area contributed by atoms with Crippen LogP contribution >= 0.6 is 11.6 Å². The van der Waals surface area contributed by atoms with Gasteiger partial charge in [0.15, 0.2) is 9.84 Å². The number of benzene rings is 1. The minimum absolute atomic E-state index is 0.0309. The highest BCUT2D eigenvalue weighted by Crippen LogP contribution is 2.28. The molecule has 0 radical (unpaired) electrons. The quantitative estimate of drug-likeness (QED) is 0.896. The number of carbonyl (C=O) groups is 1. The molecule has 8 heteroatoms. The number of hydrogen-bond acceptors (Lipinski definition) is 5. The van der Waals surface area contributed by atoms with E-state index < -0.39 is 15.8 Å². The van der Waals surface area contributed by atoms with Crippen molar-refractivity contribution < 1.29 is 18.3 Å². The molecule has 0 aliphatic carbocycles. The van der Waals surface area contributed by atoms with E-state index in [0.29, 0.717) is 5.69 Å². The summed E-state index contributed by atoms with van der Waals surface area (Å²) < 4.78 is 23.4. The number of nitrogens with zero attached hydrogens (tertiary/aromatic N) is 1. The summed E-state index contributed by atoms with van der Waals surface area (Å²) in [5.74, 6) is -0.969. The van der Waals surface area contributed by atoms with Crippen molar-refractivity contribution in [3.05, 3.63) is 47.1 Å². The molecule has 0 spiro atoms. The molecule has 1 heterocycles. The Morgan fingerprint density at radius 3 is 2.62 bits per heavy atom. The van der Waals surface area contributed by atoms with Crippen LogP contribution in [0.1, 0.15) is 10.4 Å². The number of carboxylic acid groups (broad SMARTS) is 1. The van der Waals surface area contributed by atoms with E-state index in [1.54, 1.807) is 0 Å². The smallest absolute Gasteiger partial charge is 0.335 e. The number of halogens is 1. The number of hydrogen-bond donors (Lipinski definition) is 2. The van der Waals surface area contributed by atoms with Crippen LogP contribution in [-0.4, -0.2) is 30.7 Å². The summed E-state index contributed by atoms with van der Waals surface area (Å²) in [4.78, 5) is 14.8. The van der Waals surface area contributed by atoms with E-state index >= 15 is 0 Å². The van der Waals surface area contributed by atoms with Gasteiger partial charge in [-0.05, 0) is 30.3 Å². The van der Waals surface area contributed by atoms with Crippen molar-refractivity contribution in [1.29, 1.82) is 0 Å². The van der Waals surface area contributed by atoms with Crippen LogP contribution in [0.25, 0.3) is 0 Å². The van der Waals surface area contributed by atoms with Crippen molar-refractivity contribution in [2.45, 2.75) is 4.90 Å². The second-order valence-corrected chi connectivity index (χ2v) is 6.64. The lowest BCUT2D eigenvalue weighted by atomic mass is 10.2. The van der Waals surface area contributed by atoms with Crippen molar-refractivity contribution in [3.63, 3.8) is 0 Å². The van der Waals surface area contributed by atoms with Gasteiger partial charge in [-0.2, -0.15) is 0 Å². The van der Waals surface area contributed by atoms with Crippen molar-refractivity contribution in [1.82, 2.24) is 4.98 Å². The lowest BCUT2D eigenvalue weighted by Crippen LogP contribution is -2.05. The molecule has 0 amide bonds. The second-order valence-electron chi connectivity index (χ2n) is 4.25. The third-order valence-corrected chi connectivity index (χ3v) is 4.08. The van der Waals surface area contributed by atoms with Gasteiger partial charge in [0.2, 0.25) is 0 Å². The molecule has 0 saturated heterocycles. The van der Waals surface area contributed by atoms with E-state index in [4.69, 9.17) is 16.7 Å². The van der Waals surface area contributed by atoms with Crippen LogP contribution < -0.4 is 5.32 Å². The lowest BCUT2D eigenvalue weighted by molar-refractivity contribution is 0.0697. The molecule has 0 saturated carbocycles. The number of rotatable bonds is 4. The van der Waals surface area contributed by atoms with Gasteiger partial charge in [-0.15, -0.1) is 0 Å². The van der Waals surface area contributed by atoms with E-state index in [1.807, 2.05) is 0 Å². The highest BCUT2D eigenvalue weighted by molar-refractivity contribution is 7.90. The predicted molar refractivity (Wildman–Crippen MR) is 79.0 cm³/mol. The van der Waals surface area contributed by atoms with Gasteiger partial charge < -0.3 is 10.4 Å². The average molecular weight is 327 g/mol. The first-order chi connectivity index (χ1) is 9.79. The first-order valence-corrected chi connectivity index (χ1v) is 8.01. The summed E-state index contributed by atoms with van der Waals surface area (Å²) in [7, 11) is -3.45. The Morgan fingerprint density at radius 1 is 1.33 bits per heavy atom. The molecule has 0 atom stereocenters. The number of anilines is 2. The normalized spacial score (nSPS) is 11.1. The molecule has 1 aromatic carbocycles. The molecule has 1 aromatic heterocycles. The first-order valence-electron chi connectivity index (χ1n) is 5.74. The van der Waals surface area contributed by atoms with Gasteiger partial charge in [-0.3, -0.25) is 0 Å². The van der Waals surface area contributed by atoms with Crippen LogP contribution in [0.5, 0.6) is 0 Å². The number of pyridine rings is 1. The Hall–Kier alpha value is -2.12. The zero-order chi connectivity index (χ0) is 15.6. The molecule has 2 rings (SSSR count). The van der Waals surface area contributed by atoms with Crippen LogP contribution in [0, 0.1) is 0 Å². The van der Waals surface area contributed by atoms with Gasteiger partial charge in [-0.1, -0.05) is 11.6 Å². The monoisotopic (exact) mass is 326 g/mol. The van der Waals surface area contributed by atoms with E-state index in [2.05, 4.69) is 10.3 Å². The van der Waals surface area contributed by atoms with Crippen LogP contribution in [0.15, 0.2) is 41.4 Å². The molecule has 0 aliphatic rings. The third-order valence-electron chi connectivity index (χ3n) is 2.64. The highest BCUT2D eigenvalue weighted by atomic mass is 35.5. The fourth-order valence-electron chi connectivity index (χ4n) is 1.66. The number of sulfone groups is 1. The highest BCUT2D eigenvalue weighted by Gasteiger charge is 2.15. The van der Waals surface area contributed by atoms with Gasteiger partial charge in [0.1, 0.15) is 10.7 Å². The standard InChI is InChI=1S/C13H11ClN2O4S/c1-21(19,20)11-3-2-6-15-12(11)16-10-5-4-8(13(17)18)7-9(10)14/h2-7H,1H3,(H,15,16)(H,17,18). The minimum atomic E-state index is -3.45. The molecular formula is C13H11ClN2O4S. The van der Waals surface area contributed by atoms with E-state index in [-0.39, 0.29) is 21.3 Å². The molecular weight excluding hydrogens is 316 g/mol. The van der Waals surface area contributed by atoms with E-state index in [1.165, 1.54) is 36.5 Å². The van der Waals surface area contributed by atoms with Crippen molar-refractivity contribution in [3.8, 4) is 0 Å². The summed E-state index contributed by atoms with van der Waals surface area (Å²) in [6.07, 6.45) is 2.51. The number of aromatic nitrogens is 1. The molecule has 6 nitrogen and oxygen atoms in total. The first kappa shape index (κ1) is 15.3. The Morgan fingerprint density at radius 2 is 2.05 bits per heavy atom. The zero-order valence-corrected chi connectivity index (χ0v) is 12.4. The maximum absolute atomic E-state index is 11.7. The Labute approximate surface area is 126 Å². The molecule has 21 heavy (non-hydrogen) atoms. The Kier molecular flexibility index (Phi) is 4.15. The van der Waals surface area contributed by atoms with Gasteiger partial charge in [0.05, 0.1) is 16.3 Å². The van der Waals surface area contributed by atoms with Crippen LogP contribution in [0.3, 0.4) is 0 Å². The maximum atomic E-state index is 11.7. The zero-order valence-electron chi connectivity index (χ0n) is 10.9. The van der Waals surface area contributed by atoms with Gasteiger partial charge in [0, 0.05) is 12.5 Å². The van der Waals surface area contributed by atoms with Crippen LogP contribution in [0.2, 0.25) is 5.02 Å². The molecule has 2 aromatic rings. The molecule has 110 valence electrons. The van der Waals surface area contributed by atoms with Crippen LogP contribution in [-0.2, 0) is 9.84 Å². The maximum Gasteiger partial charge on any atom is 0.335 e. The molecule has 0 fully saturated rings. The Bertz CT molecular complexity index is 806. The SMILES string of the molecule is CS(=O)(=O)c1cccnc1Nc1ccc(C(=O)O)cc1Cl. The number of carboxylic acids is 1. The summed E-state index contributed by atoms with van der Waals surface area (Å²) in [5, 5.41) is 11.8. The van der Waals surface area contributed by atoms with E-state index in [0.717, 1.165) is 6.26 Å². The molecule has 0 aliphatic heterocycles. The minimum Gasteiger partial charge on any atom is -0.478 e. The topological polar surface area (TPSA) is 96.4 Å². The number of aromatic carboxylic acids is 1. The van der Waals surface area contributed by atoms with Gasteiger partial charge in [-0.25, -0.2) is 18.2 Å². The predicted octanol–water partition coefficient (Wildman–Crippen LogP) is 2.58. The van der Waals surface area contributed by atoms with Gasteiger partial charge >= 0.3 is 5.97 Å². The van der Waals surface area contributed by atoms with Crippen LogP contribution in [0.4, 0.5) is 11.5 Å². The molecule has 0 bridgehead atoms. The number of nitrogens with one attached hydrogen (secondary N) is 1. The van der Waals surface area contributed by atoms with Crippen molar-refractivity contribution in [2.75, 3.05) is 11.6 Å². The van der Waals surface area contributed by atoms with Crippen molar-refractivity contribution in [2.24, 2.45) is 0 Å². The molecule has 0 unspecified atom stereocenters. The van der Waals surface area contributed by atoms with Crippen molar-refractivity contribution >= 4 is 38.9 Å². The lowest BCUT2D eigenvalue weighted by Gasteiger charge is -2.11. The Balaban J connectivity index is 2.42. The fraction of sp³-hybridized carbons (Fsp3) is 0.0769. The summed E-state index contributed by atoms with van der Waals surface area (Å²) in [6, 6.07) is 7.02. The molecule has 2 N–H and O–H groups in total. The summed E-state index contributed by atoms with van der Waals surface area (Å²) >= 11 is 5.99. The average Bonchev–Trinajstić information content (AvgIpc) is 2.40. The second kappa shape index (κ2) is 5.71. The van der Waals surface area contributed by atoms with Gasteiger partial charge in [0.25, 0.3) is 0 Å². The summed E-state index contributed by atoms with van der Waals surface area (Å²) in [6.45, 7) is 0. The third kappa shape index (κ3) is 3.50. The largest absolute Gasteiger partial charge is 0.478 e. The fourth-order valence-corrected chi connectivity index (χ4v) is 2.67. The van der Waals surface area contributed by atoms with E-state index in [9.17, 15) is 13.2 Å². The summed E-state index contributed by atoms with van der Waals surface area (Å²) in [5.41, 5.74) is 0.403.